The van der Waals surface area contributed by atoms with Crippen molar-refractivity contribution in [1.29, 1.82) is 0 Å². The lowest BCUT2D eigenvalue weighted by Gasteiger charge is -2.09. The molecule has 0 saturated heterocycles. The van der Waals surface area contributed by atoms with E-state index in [1.807, 2.05) is 38.1 Å². The molecule has 0 amide bonds. The van der Waals surface area contributed by atoms with Crippen molar-refractivity contribution < 1.29 is 5.11 Å². The maximum absolute atomic E-state index is 7.57. The maximum Gasteiger partial charge on any atom is 0.0607 e. The number of rotatable bonds is 2. The van der Waals surface area contributed by atoms with Gasteiger partial charge in [0.2, 0.25) is 0 Å². The van der Waals surface area contributed by atoms with E-state index in [9.17, 15) is 0 Å². The van der Waals surface area contributed by atoms with Gasteiger partial charge in [0.15, 0.2) is 0 Å². The third kappa shape index (κ3) is 4.14. The molecule has 0 aliphatic heterocycles. The van der Waals surface area contributed by atoms with Gasteiger partial charge in [0.25, 0.3) is 0 Å². The number of nitrogens with one attached hydrogen (secondary N) is 1. The number of pyridine rings is 2. The van der Waals surface area contributed by atoms with Crippen molar-refractivity contribution in [2.75, 3.05) is 11.9 Å². The minimum atomic E-state index is 0.250. The summed E-state index contributed by atoms with van der Waals surface area (Å²) in [6, 6.07) is 7.85. The topological polar surface area (TPSA) is 58.0 Å². The van der Waals surface area contributed by atoms with Crippen LogP contribution in [0.2, 0.25) is 0 Å². The van der Waals surface area contributed by atoms with E-state index in [2.05, 4.69) is 15.3 Å². The fraction of sp³-hybridized carbons (Fsp3) is 0.286. The first-order valence-electron chi connectivity index (χ1n) is 5.90. The van der Waals surface area contributed by atoms with Crippen molar-refractivity contribution in [2.45, 2.75) is 20.8 Å². The highest BCUT2D eigenvalue weighted by atomic mass is 16.2. The highest BCUT2D eigenvalue weighted by molar-refractivity contribution is 5.62. The molecule has 0 spiro atoms. The van der Waals surface area contributed by atoms with Crippen LogP contribution in [0.25, 0.3) is 0 Å². The smallest absolute Gasteiger partial charge is 0.0607 e. The van der Waals surface area contributed by atoms with Crippen LogP contribution >= 0.6 is 0 Å². The Balaban J connectivity index is 0.000000492. The molecule has 0 fully saturated rings. The second kappa shape index (κ2) is 7.40. The van der Waals surface area contributed by atoms with Crippen LogP contribution in [0.1, 0.15) is 18.3 Å². The quantitative estimate of drug-likeness (QED) is 0.854. The number of hydrogen-bond donors (Lipinski definition) is 2. The summed E-state index contributed by atoms with van der Waals surface area (Å²) < 4.78 is 0. The standard InChI is InChI=1S/C12H13N3.C2H6O/c1-9-11(5-3-7-13-9)15-12-6-4-8-14-10(12)2;1-2-3/h3-8,15H,1-2H3;3H,2H2,1H3. The fourth-order valence-corrected chi connectivity index (χ4v) is 1.38. The van der Waals surface area contributed by atoms with Gasteiger partial charge in [-0.15, -0.1) is 0 Å². The molecule has 2 aromatic heterocycles. The minimum Gasteiger partial charge on any atom is -0.397 e. The third-order valence-electron chi connectivity index (χ3n) is 2.28. The van der Waals surface area contributed by atoms with Crippen LogP contribution in [0.3, 0.4) is 0 Å². The lowest BCUT2D eigenvalue weighted by Crippen LogP contribution is -1.97. The Morgan fingerprint density at radius 2 is 1.39 bits per heavy atom. The number of aryl methyl sites for hydroxylation is 2. The second-order valence-electron chi connectivity index (χ2n) is 3.71. The van der Waals surface area contributed by atoms with Gasteiger partial charge in [-0.1, -0.05) is 0 Å². The van der Waals surface area contributed by atoms with Gasteiger partial charge in [-0.05, 0) is 45.0 Å². The van der Waals surface area contributed by atoms with Crippen LogP contribution in [-0.4, -0.2) is 21.7 Å². The van der Waals surface area contributed by atoms with E-state index in [1.165, 1.54) is 0 Å². The van der Waals surface area contributed by atoms with E-state index >= 15 is 0 Å². The monoisotopic (exact) mass is 245 g/mol. The first-order valence-corrected chi connectivity index (χ1v) is 5.90. The van der Waals surface area contributed by atoms with E-state index < -0.39 is 0 Å². The largest absolute Gasteiger partial charge is 0.397 e. The number of hydrogen-bond acceptors (Lipinski definition) is 4. The molecule has 2 heterocycles. The molecular weight excluding hydrogens is 226 g/mol. The van der Waals surface area contributed by atoms with E-state index in [0.717, 1.165) is 22.8 Å². The average molecular weight is 245 g/mol. The summed E-state index contributed by atoms with van der Waals surface area (Å²) in [4.78, 5) is 8.44. The van der Waals surface area contributed by atoms with Crippen molar-refractivity contribution in [1.82, 2.24) is 9.97 Å². The normalized spacial score (nSPS) is 9.33. The lowest BCUT2D eigenvalue weighted by molar-refractivity contribution is 0.318. The van der Waals surface area contributed by atoms with E-state index in [0.29, 0.717) is 0 Å². The molecule has 0 unspecified atom stereocenters. The Bertz CT molecular complexity index is 442. The summed E-state index contributed by atoms with van der Waals surface area (Å²) in [6.45, 7) is 5.89. The zero-order valence-electron chi connectivity index (χ0n) is 11.0. The molecule has 18 heavy (non-hydrogen) atoms. The minimum absolute atomic E-state index is 0.250. The third-order valence-corrected chi connectivity index (χ3v) is 2.28. The van der Waals surface area contributed by atoms with Crippen LogP contribution in [0.5, 0.6) is 0 Å². The van der Waals surface area contributed by atoms with Crippen LogP contribution < -0.4 is 5.32 Å². The summed E-state index contributed by atoms with van der Waals surface area (Å²) in [5.41, 5.74) is 4.02. The number of anilines is 2. The first-order chi connectivity index (χ1) is 8.69. The number of aromatic nitrogens is 2. The molecule has 0 saturated carbocycles. The second-order valence-corrected chi connectivity index (χ2v) is 3.71. The van der Waals surface area contributed by atoms with Gasteiger partial charge in [0.1, 0.15) is 0 Å². The zero-order valence-corrected chi connectivity index (χ0v) is 11.0. The number of aliphatic hydroxyl groups is 1. The molecule has 0 aliphatic rings. The fourth-order valence-electron chi connectivity index (χ4n) is 1.38. The SMILES string of the molecule is CCO.Cc1ncccc1Nc1cccnc1C. The molecule has 0 atom stereocenters. The van der Waals surface area contributed by atoms with E-state index in [-0.39, 0.29) is 6.61 Å². The summed E-state index contributed by atoms with van der Waals surface area (Å²) in [5.74, 6) is 0. The number of nitrogens with zero attached hydrogens (tertiary/aromatic N) is 2. The van der Waals surface area contributed by atoms with Crippen molar-refractivity contribution in [3.63, 3.8) is 0 Å². The highest BCUT2D eigenvalue weighted by Gasteiger charge is 2.01. The van der Waals surface area contributed by atoms with Gasteiger partial charge in [0, 0.05) is 19.0 Å². The Kier molecular flexibility index (Phi) is 5.80. The van der Waals surface area contributed by atoms with Crippen LogP contribution in [0, 0.1) is 13.8 Å². The molecule has 2 N–H and O–H groups in total. The molecule has 0 radical (unpaired) electrons. The lowest BCUT2D eigenvalue weighted by atomic mass is 10.2. The molecule has 4 heteroatoms. The van der Waals surface area contributed by atoms with E-state index in [1.54, 1.807) is 19.3 Å². The van der Waals surface area contributed by atoms with Crippen molar-refractivity contribution in [2.24, 2.45) is 0 Å². The van der Waals surface area contributed by atoms with Gasteiger partial charge in [-0.2, -0.15) is 0 Å². The first kappa shape index (κ1) is 14.1. The molecule has 0 bridgehead atoms. The summed E-state index contributed by atoms with van der Waals surface area (Å²) in [5, 5.41) is 10.9. The van der Waals surface area contributed by atoms with E-state index in [4.69, 9.17) is 5.11 Å². The predicted molar refractivity (Wildman–Crippen MR) is 74.0 cm³/mol. The summed E-state index contributed by atoms with van der Waals surface area (Å²) in [7, 11) is 0. The van der Waals surface area contributed by atoms with Gasteiger partial charge >= 0.3 is 0 Å². The Morgan fingerprint density at radius 3 is 1.72 bits per heavy atom. The van der Waals surface area contributed by atoms with Gasteiger partial charge < -0.3 is 10.4 Å². The van der Waals surface area contributed by atoms with Gasteiger partial charge in [-0.3, -0.25) is 9.97 Å². The molecule has 2 aromatic rings. The number of aliphatic hydroxyl groups excluding tert-OH is 1. The molecule has 0 aromatic carbocycles. The van der Waals surface area contributed by atoms with Crippen LogP contribution in [-0.2, 0) is 0 Å². The molecule has 4 nitrogen and oxygen atoms in total. The molecular formula is C14H19N3O. The van der Waals surface area contributed by atoms with Gasteiger partial charge in [-0.25, -0.2) is 0 Å². The Hall–Kier alpha value is -1.94. The Labute approximate surface area is 108 Å². The molecule has 0 aliphatic carbocycles. The average Bonchev–Trinajstić information content (AvgIpc) is 2.36. The van der Waals surface area contributed by atoms with Crippen molar-refractivity contribution >= 4 is 11.4 Å². The highest BCUT2D eigenvalue weighted by Crippen LogP contribution is 2.19. The molecule has 2 rings (SSSR count). The summed E-state index contributed by atoms with van der Waals surface area (Å²) in [6.07, 6.45) is 3.58. The maximum atomic E-state index is 7.57. The van der Waals surface area contributed by atoms with Crippen LogP contribution in [0.4, 0.5) is 11.4 Å². The molecule has 96 valence electrons. The Morgan fingerprint density at radius 1 is 1.00 bits per heavy atom. The van der Waals surface area contributed by atoms with Crippen molar-refractivity contribution in [3.8, 4) is 0 Å². The zero-order chi connectivity index (χ0) is 13.4. The van der Waals surface area contributed by atoms with Crippen molar-refractivity contribution in [3.05, 3.63) is 48.0 Å². The van der Waals surface area contributed by atoms with Crippen LogP contribution in [0.15, 0.2) is 36.7 Å². The van der Waals surface area contributed by atoms with Gasteiger partial charge in [0.05, 0.1) is 22.8 Å². The summed E-state index contributed by atoms with van der Waals surface area (Å²) >= 11 is 0. The predicted octanol–water partition coefficient (Wildman–Crippen LogP) is 2.84.